The number of ether oxygens (including phenoxy) is 2. The number of anilines is 2. The van der Waals surface area contributed by atoms with E-state index in [9.17, 15) is 9.90 Å². The second-order valence-corrected chi connectivity index (χ2v) is 7.50. The lowest BCUT2D eigenvalue weighted by atomic mass is 9.94. The maximum absolute atomic E-state index is 13.4. The molecule has 1 aromatic carbocycles. The summed E-state index contributed by atoms with van der Waals surface area (Å²) in [6.45, 7) is 2.05. The van der Waals surface area contributed by atoms with Gasteiger partial charge in [-0.15, -0.1) is 0 Å². The van der Waals surface area contributed by atoms with Gasteiger partial charge in [-0.3, -0.25) is 9.78 Å². The molecule has 2 aliphatic rings. The quantitative estimate of drug-likeness (QED) is 0.540. The minimum Gasteiger partial charge on any atom is -0.454 e. The Hall–Kier alpha value is -3.92. The first-order chi connectivity index (χ1) is 15.6. The van der Waals surface area contributed by atoms with Crippen LogP contribution in [-0.4, -0.2) is 44.2 Å². The van der Waals surface area contributed by atoms with Crippen molar-refractivity contribution in [2.75, 3.05) is 24.0 Å². The molecule has 32 heavy (non-hydrogen) atoms. The zero-order valence-corrected chi connectivity index (χ0v) is 17.4. The number of carbonyl (C=O) groups excluding carboxylic acids is 1. The zero-order chi connectivity index (χ0) is 22.1. The third-order valence-electron chi connectivity index (χ3n) is 5.33. The predicted molar refractivity (Wildman–Crippen MR) is 115 cm³/mol. The Morgan fingerprint density at radius 2 is 2.19 bits per heavy atom. The number of pyridine rings is 1. The standard InChI is InChI=1S/C22H22N6O4/c1-13-19(21(30)25-15-4-2-8-23-11-15)20(14-6-7-16-17(10-14)32-12-31-16)28-22(24-13)26-18(27-28)5-3-9-29/h2,4,6-8,10-11,20,29H,3,5,9,12H2,1H3,(H,25,30)(H,24,26,27)/t20-/m0/s1. The molecule has 0 unspecified atom stereocenters. The van der Waals surface area contributed by atoms with Gasteiger partial charge >= 0.3 is 0 Å². The van der Waals surface area contributed by atoms with Crippen LogP contribution in [0, 0.1) is 0 Å². The van der Waals surface area contributed by atoms with Gasteiger partial charge in [-0.2, -0.15) is 10.1 Å². The average molecular weight is 434 g/mol. The van der Waals surface area contributed by atoms with Crippen LogP contribution < -0.4 is 20.1 Å². The third kappa shape index (κ3) is 3.65. The number of amides is 1. The summed E-state index contributed by atoms with van der Waals surface area (Å²) in [5.41, 5.74) is 2.57. The molecule has 0 aliphatic carbocycles. The van der Waals surface area contributed by atoms with Crippen molar-refractivity contribution in [2.45, 2.75) is 25.8 Å². The number of hydrogen-bond donors (Lipinski definition) is 3. The van der Waals surface area contributed by atoms with E-state index in [1.807, 2.05) is 25.1 Å². The summed E-state index contributed by atoms with van der Waals surface area (Å²) < 4.78 is 12.7. The molecule has 0 radical (unpaired) electrons. The Morgan fingerprint density at radius 3 is 3.00 bits per heavy atom. The molecular formula is C22H22N6O4. The lowest BCUT2D eigenvalue weighted by Gasteiger charge is -2.28. The van der Waals surface area contributed by atoms with Gasteiger partial charge in [0.2, 0.25) is 12.7 Å². The zero-order valence-electron chi connectivity index (χ0n) is 17.4. The van der Waals surface area contributed by atoms with Crippen molar-refractivity contribution >= 4 is 17.5 Å². The molecule has 0 saturated heterocycles. The van der Waals surface area contributed by atoms with E-state index in [4.69, 9.17) is 9.47 Å². The van der Waals surface area contributed by atoms with Crippen LogP contribution in [0.15, 0.2) is 54.0 Å². The molecule has 0 fully saturated rings. The number of hydrogen-bond acceptors (Lipinski definition) is 8. The lowest BCUT2D eigenvalue weighted by Crippen LogP contribution is -2.31. The van der Waals surface area contributed by atoms with E-state index >= 15 is 0 Å². The Balaban J connectivity index is 1.57. The number of nitrogens with one attached hydrogen (secondary N) is 2. The van der Waals surface area contributed by atoms with E-state index in [2.05, 4.69) is 25.7 Å². The van der Waals surface area contributed by atoms with Crippen LogP contribution in [0.1, 0.15) is 30.8 Å². The predicted octanol–water partition coefficient (Wildman–Crippen LogP) is 2.25. The summed E-state index contributed by atoms with van der Waals surface area (Å²) in [4.78, 5) is 22.0. The van der Waals surface area contributed by atoms with Gasteiger partial charge in [-0.05, 0) is 43.2 Å². The fourth-order valence-electron chi connectivity index (χ4n) is 3.86. The van der Waals surface area contributed by atoms with Gasteiger partial charge in [0, 0.05) is 24.9 Å². The highest BCUT2D eigenvalue weighted by molar-refractivity contribution is 6.05. The van der Waals surface area contributed by atoms with Gasteiger partial charge in [-0.25, -0.2) is 4.68 Å². The largest absolute Gasteiger partial charge is 0.454 e. The minimum absolute atomic E-state index is 0.0545. The number of carbonyl (C=O) groups is 1. The normalized spacial score (nSPS) is 16.5. The summed E-state index contributed by atoms with van der Waals surface area (Å²) in [5.74, 6) is 2.13. The first-order valence-corrected chi connectivity index (χ1v) is 10.3. The molecule has 1 atom stereocenters. The van der Waals surface area contributed by atoms with Crippen molar-refractivity contribution in [3.05, 3.63) is 65.4 Å². The van der Waals surface area contributed by atoms with Crippen LogP contribution in [0.5, 0.6) is 11.5 Å². The molecule has 0 bridgehead atoms. The summed E-state index contributed by atoms with van der Waals surface area (Å²) >= 11 is 0. The lowest BCUT2D eigenvalue weighted by molar-refractivity contribution is -0.113. The molecule has 1 amide bonds. The van der Waals surface area contributed by atoms with Gasteiger partial charge < -0.3 is 25.2 Å². The minimum atomic E-state index is -0.534. The number of allylic oxidation sites excluding steroid dienone is 1. The van der Waals surface area contributed by atoms with Gasteiger partial charge in [0.25, 0.3) is 5.91 Å². The second kappa shape index (κ2) is 8.31. The number of nitrogens with zero attached hydrogens (tertiary/aromatic N) is 4. The number of benzene rings is 1. The van der Waals surface area contributed by atoms with Crippen molar-refractivity contribution in [2.24, 2.45) is 0 Å². The molecule has 0 saturated carbocycles. The highest BCUT2D eigenvalue weighted by Crippen LogP contribution is 2.40. The first kappa shape index (κ1) is 20.0. The van der Waals surface area contributed by atoms with E-state index in [0.717, 1.165) is 5.56 Å². The molecule has 2 aromatic heterocycles. The molecular weight excluding hydrogens is 412 g/mol. The Morgan fingerprint density at radius 1 is 1.31 bits per heavy atom. The van der Waals surface area contributed by atoms with E-state index in [0.29, 0.717) is 53.1 Å². The maximum atomic E-state index is 13.4. The van der Waals surface area contributed by atoms with E-state index in [1.165, 1.54) is 0 Å². The molecule has 3 N–H and O–H groups in total. The monoisotopic (exact) mass is 434 g/mol. The highest BCUT2D eigenvalue weighted by Gasteiger charge is 2.35. The summed E-state index contributed by atoms with van der Waals surface area (Å²) in [5, 5.41) is 19.9. The van der Waals surface area contributed by atoms with Crippen molar-refractivity contribution in [3.63, 3.8) is 0 Å². The van der Waals surface area contributed by atoms with Crippen molar-refractivity contribution in [3.8, 4) is 11.5 Å². The molecule has 3 aromatic rings. The third-order valence-corrected chi connectivity index (χ3v) is 5.33. The molecule has 10 heteroatoms. The molecule has 0 spiro atoms. The van der Waals surface area contributed by atoms with Crippen LogP contribution in [0.3, 0.4) is 0 Å². The van der Waals surface area contributed by atoms with Gasteiger partial charge in [0.1, 0.15) is 6.04 Å². The number of rotatable bonds is 6. The van der Waals surface area contributed by atoms with Crippen LogP contribution in [0.4, 0.5) is 11.6 Å². The molecule has 2 aliphatic heterocycles. The number of aryl methyl sites for hydroxylation is 1. The highest BCUT2D eigenvalue weighted by atomic mass is 16.7. The van der Waals surface area contributed by atoms with Gasteiger partial charge in [-0.1, -0.05) is 6.07 Å². The Bertz CT molecular complexity index is 1190. The number of aromatic nitrogens is 4. The van der Waals surface area contributed by atoms with E-state index in [1.54, 1.807) is 29.2 Å². The summed E-state index contributed by atoms with van der Waals surface area (Å²) in [7, 11) is 0. The van der Waals surface area contributed by atoms with E-state index < -0.39 is 6.04 Å². The molecule has 10 nitrogen and oxygen atoms in total. The summed E-state index contributed by atoms with van der Waals surface area (Å²) in [6, 6.07) is 8.59. The van der Waals surface area contributed by atoms with Crippen LogP contribution in [0.25, 0.3) is 0 Å². The average Bonchev–Trinajstić information content (AvgIpc) is 3.43. The topological polar surface area (TPSA) is 123 Å². The van der Waals surface area contributed by atoms with Crippen molar-refractivity contribution in [1.82, 2.24) is 19.7 Å². The fraction of sp³-hybridized carbons (Fsp3) is 0.273. The van der Waals surface area contributed by atoms with Crippen LogP contribution in [-0.2, 0) is 11.2 Å². The molecule has 5 rings (SSSR count). The van der Waals surface area contributed by atoms with Gasteiger partial charge in [0.15, 0.2) is 17.3 Å². The maximum Gasteiger partial charge on any atom is 0.255 e. The fourth-order valence-corrected chi connectivity index (χ4v) is 3.86. The number of fused-ring (bicyclic) bond motifs is 2. The Labute approximate surface area is 183 Å². The molecule has 4 heterocycles. The summed E-state index contributed by atoms with van der Waals surface area (Å²) in [6.07, 6.45) is 4.32. The second-order valence-electron chi connectivity index (χ2n) is 7.50. The molecule has 164 valence electrons. The van der Waals surface area contributed by atoms with Crippen LogP contribution in [0.2, 0.25) is 0 Å². The number of aliphatic hydroxyl groups excluding tert-OH is 1. The van der Waals surface area contributed by atoms with Gasteiger partial charge in [0.05, 0.1) is 17.5 Å². The van der Waals surface area contributed by atoms with Crippen LogP contribution >= 0.6 is 0 Å². The number of aliphatic hydroxyl groups is 1. The van der Waals surface area contributed by atoms with E-state index in [-0.39, 0.29) is 19.3 Å². The van der Waals surface area contributed by atoms with Crippen molar-refractivity contribution in [1.29, 1.82) is 0 Å². The SMILES string of the molecule is CC1=C(C(=O)Nc2cccnc2)[C@H](c2ccc3c(c2)OCO3)n2nc(CCCO)nc2N1. The Kier molecular flexibility index (Phi) is 5.20. The van der Waals surface area contributed by atoms with Crippen molar-refractivity contribution < 1.29 is 19.4 Å². The smallest absolute Gasteiger partial charge is 0.255 e. The first-order valence-electron chi connectivity index (χ1n) is 10.3.